The second-order valence-electron chi connectivity index (χ2n) is 4.25. The molecule has 108 valence electrons. The molecule has 0 fully saturated rings. The summed E-state index contributed by atoms with van der Waals surface area (Å²) in [5.74, 6) is 2.12. The van der Waals surface area contributed by atoms with Crippen LogP contribution in [0.3, 0.4) is 0 Å². The van der Waals surface area contributed by atoms with Crippen LogP contribution in [0.2, 0.25) is 0 Å². The fourth-order valence-electron chi connectivity index (χ4n) is 1.84. The first-order chi connectivity index (χ1) is 9.33. The van der Waals surface area contributed by atoms with Crippen molar-refractivity contribution in [1.29, 1.82) is 0 Å². The Morgan fingerprint density at radius 1 is 1.00 bits per heavy atom. The largest absolute Gasteiger partial charge is 0.493 e. The molecule has 1 rings (SSSR count). The van der Waals surface area contributed by atoms with Crippen LogP contribution in [-0.4, -0.2) is 33.9 Å². The van der Waals surface area contributed by atoms with Crippen molar-refractivity contribution in [3.63, 3.8) is 0 Å². The van der Waals surface area contributed by atoms with Gasteiger partial charge in [0.25, 0.3) is 0 Å². The lowest BCUT2D eigenvalue weighted by molar-refractivity contribution is 0.267. The third-order valence-corrected chi connectivity index (χ3v) is 2.88. The van der Waals surface area contributed by atoms with Crippen LogP contribution in [0.5, 0.6) is 17.2 Å². The Bertz CT molecular complexity index is 333. The number of unbranched alkanes of at least 4 members (excludes halogenated alkanes) is 2. The lowest BCUT2D eigenvalue weighted by atomic mass is 10.2. The number of ether oxygens (including phenoxy) is 3. The molecule has 0 aliphatic heterocycles. The van der Waals surface area contributed by atoms with Crippen LogP contribution < -0.4 is 19.5 Å². The summed E-state index contributed by atoms with van der Waals surface area (Å²) in [5, 5.41) is 3.31. The summed E-state index contributed by atoms with van der Waals surface area (Å²) in [7, 11) is 3.27. The Kier molecular flexibility index (Phi) is 7.82. The standard InChI is InChI=1S/C15H25NO3/c1-4-16-11-6-5-7-12-19-15-13(17-2)9-8-10-14(15)18-3/h8-10,16H,4-7,11-12H2,1-3H3. The molecular weight excluding hydrogens is 242 g/mol. The van der Waals surface area contributed by atoms with Gasteiger partial charge in [0, 0.05) is 0 Å². The van der Waals surface area contributed by atoms with Gasteiger partial charge in [0.2, 0.25) is 5.75 Å². The summed E-state index contributed by atoms with van der Waals surface area (Å²) >= 11 is 0. The lowest BCUT2D eigenvalue weighted by Crippen LogP contribution is -2.14. The molecule has 0 spiro atoms. The number of methoxy groups -OCH3 is 2. The van der Waals surface area contributed by atoms with Gasteiger partial charge in [-0.2, -0.15) is 0 Å². The Morgan fingerprint density at radius 3 is 2.26 bits per heavy atom. The molecule has 4 nitrogen and oxygen atoms in total. The molecule has 1 N–H and O–H groups in total. The number of hydrogen-bond acceptors (Lipinski definition) is 4. The summed E-state index contributed by atoms with van der Waals surface area (Å²) < 4.78 is 16.4. The molecule has 0 heterocycles. The summed E-state index contributed by atoms with van der Waals surface area (Å²) in [4.78, 5) is 0. The van der Waals surface area contributed by atoms with Gasteiger partial charge in [0.1, 0.15) is 0 Å². The van der Waals surface area contributed by atoms with E-state index in [0.717, 1.165) is 25.9 Å². The second kappa shape index (κ2) is 9.50. The summed E-state index contributed by atoms with van der Waals surface area (Å²) in [6, 6.07) is 5.65. The lowest BCUT2D eigenvalue weighted by Gasteiger charge is -2.13. The minimum absolute atomic E-state index is 0.683. The fourth-order valence-corrected chi connectivity index (χ4v) is 1.84. The van der Waals surface area contributed by atoms with Crippen molar-refractivity contribution >= 4 is 0 Å². The molecular formula is C15H25NO3. The van der Waals surface area contributed by atoms with Crippen molar-refractivity contribution < 1.29 is 14.2 Å². The van der Waals surface area contributed by atoms with Crippen LogP contribution in [0.4, 0.5) is 0 Å². The predicted octanol–water partition coefficient (Wildman–Crippen LogP) is 2.86. The van der Waals surface area contributed by atoms with Gasteiger partial charge in [-0.1, -0.05) is 13.0 Å². The average Bonchev–Trinajstić information content (AvgIpc) is 2.46. The van der Waals surface area contributed by atoms with Gasteiger partial charge in [0.05, 0.1) is 20.8 Å². The molecule has 1 aromatic rings. The normalized spacial score (nSPS) is 10.3. The van der Waals surface area contributed by atoms with E-state index < -0.39 is 0 Å². The Morgan fingerprint density at radius 2 is 1.68 bits per heavy atom. The highest BCUT2D eigenvalue weighted by atomic mass is 16.5. The van der Waals surface area contributed by atoms with Crippen molar-refractivity contribution in [2.45, 2.75) is 26.2 Å². The highest BCUT2D eigenvalue weighted by Gasteiger charge is 2.10. The molecule has 0 radical (unpaired) electrons. The minimum atomic E-state index is 0.683. The van der Waals surface area contributed by atoms with Crippen molar-refractivity contribution in [2.75, 3.05) is 33.9 Å². The number of rotatable bonds is 10. The van der Waals surface area contributed by atoms with Gasteiger partial charge < -0.3 is 19.5 Å². The minimum Gasteiger partial charge on any atom is -0.493 e. The van der Waals surface area contributed by atoms with Crippen LogP contribution in [0.25, 0.3) is 0 Å². The van der Waals surface area contributed by atoms with Gasteiger partial charge in [-0.05, 0) is 44.5 Å². The number of benzene rings is 1. The molecule has 0 saturated heterocycles. The van der Waals surface area contributed by atoms with Gasteiger partial charge in [-0.3, -0.25) is 0 Å². The van der Waals surface area contributed by atoms with Crippen LogP contribution in [-0.2, 0) is 0 Å². The predicted molar refractivity (Wildman–Crippen MR) is 77.4 cm³/mol. The molecule has 0 aromatic heterocycles. The molecule has 0 saturated carbocycles. The second-order valence-corrected chi connectivity index (χ2v) is 4.25. The van der Waals surface area contributed by atoms with Crippen molar-refractivity contribution in [2.24, 2.45) is 0 Å². The van der Waals surface area contributed by atoms with E-state index in [1.54, 1.807) is 14.2 Å². The molecule has 0 amide bonds. The highest BCUT2D eigenvalue weighted by Crippen LogP contribution is 2.36. The maximum absolute atomic E-state index is 5.79. The molecule has 0 atom stereocenters. The molecule has 19 heavy (non-hydrogen) atoms. The third kappa shape index (κ3) is 5.39. The summed E-state index contributed by atoms with van der Waals surface area (Å²) in [5.41, 5.74) is 0. The molecule has 1 aromatic carbocycles. The van der Waals surface area contributed by atoms with Gasteiger partial charge in [0.15, 0.2) is 11.5 Å². The highest BCUT2D eigenvalue weighted by molar-refractivity contribution is 5.51. The van der Waals surface area contributed by atoms with Crippen molar-refractivity contribution in [3.8, 4) is 17.2 Å². The molecule has 4 heteroatoms. The average molecular weight is 267 g/mol. The van der Waals surface area contributed by atoms with E-state index in [0.29, 0.717) is 23.9 Å². The van der Waals surface area contributed by atoms with Crippen LogP contribution in [0.1, 0.15) is 26.2 Å². The Balaban J connectivity index is 2.35. The van der Waals surface area contributed by atoms with E-state index in [2.05, 4.69) is 12.2 Å². The van der Waals surface area contributed by atoms with E-state index in [9.17, 15) is 0 Å². The molecule has 0 aliphatic carbocycles. The number of nitrogens with one attached hydrogen (secondary N) is 1. The van der Waals surface area contributed by atoms with Crippen LogP contribution in [0, 0.1) is 0 Å². The summed E-state index contributed by atoms with van der Waals surface area (Å²) in [6.07, 6.45) is 3.37. The maximum atomic E-state index is 5.79. The summed E-state index contributed by atoms with van der Waals surface area (Å²) in [6.45, 7) is 4.92. The van der Waals surface area contributed by atoms with E-state index in [1.807, 2.05) is 18.2 Å². The SMILES string of the molecule is CCNCCCCCOc1c(OC)cccc1OC. The monoisotopic (exact) mass is 267 g/mol. The van der Waals surface area contributed by atoms with Crippen molar-refractivity contribution in [3.05, 3.63) is 18.2 Å². The molecule has 0 unspecified atom stereocenters. The van der Waals surface area contributed by atoms with Crippen LogP contribution >= 0.6 is 0 Å². The Labute approximate surface area is 116 Å². The maximum Gasteiger partial charge on any atom is 0.203 e. The topological polar surface area (TPSA) is 39.7 Å². The Hall–Kier alpha value is -1.42. The van der Waals surface area contributed by atoms with E-state index in [-0.39, 0.29) is 0 Å². The first-order valence-corrected chi connectivity index (χ1v) is 6.88. The first-order valence-electron chi connectivity index (χ1n) is 6.88. The van der Waals surface area contributed by atoms with E-state index >= 15 is 0 Å². The van der Waals surface area contributed by atoms with Crippen molar-refractivity contribution in [1.82, 2.24) is 5.32 Å². The zero-order chi connectivity index (χ0) is 13.9. The smallest absolute Gasteiger partial charge is 0.203 e. The molecule has 0 bridgehead atoms. The van der Waals surface area contributed by atoms with Gasteiger partial charge in [-0.25, -0.2) is 0 Å². The third-order valence-electron chi connectivity index (χ3n) is 2.88. The zero-order valence-electron chi connectivity index (χ0n) is 12.2. The first kappa shape index (κ1) is 15.6. The van der Waals surface area contributed by atoms with E-state index in [4.69, 9.17) is 14.2 Å². The van der Waals surface area contributed by atoms with Gasteiger partial charge >= 0.3 is 0 Å². The zero-order valence-corrected chi connectivity index (χ0v) is 12.2. The quantitative estimate of drug-likeness (QED) is 0.662. The van der Waals surface area contributed by atoms with Gasteiger partial charge in [-0.15, -0.1) is 0 Å². The van der Waals surface area contributed by atoms with E-state index in [1.165, 1.54) is 6.42 Å². The fraction of sp³-hybridized carbons (Fsp3) is 0.600. The number of para-hydroxylation sites is 1. The van der Waals surface area contributed by atoms with Crippen LogP contribution in [0.15, 0.2) is 18.2 Å². The number of hydrogen-bond donors (Lipinski definition) is 1. The molecule has 0 aliphatic rings.